The number of rotatable bonds is 2. The summed E-state index contributed by atoms with van der Waals surface area (Å²) in [5.74, 6) is -1.52. The lowest BCUT2D eigenvalue weighted by Gasteiger charge is -1.81. The topological polar surface area (TPSA) is 105 Å². The second kappa shape index (κ2) is 2.70. The Kier molecular flexibility index (Phi) is 1.55. The summed E-state index contributed by atoms with van der Waals surface area (Å²) in [6.07, 6.45) is 1.51. The Morgan fingerprint density at radius 3 is 3.00 bits per heavy atom. The molecule has 7 heteroatoms. The number of hydrogen-bond acceptors (Lipinski definition) is 5. The maximum absolute atomic E-state index is 10.4. The predicted octanol–water partition coefficient (Wildman–Crippen LogP) is 0.158. The van der Waals surface area contributed by atoms with Gasteiger partial charge in [-0.05, 0) is 6.07 Å². The van der Waals surface area contributed by atoms with Crippen molar-refractivity contribution < 1.29 is 14.4 Å². The number of carbonyl (C=O) groups is 1. The van der Waals surface area contributed by atoms with Crippen LogP contribution in [0.25, 0.3) is 11.5 Å². The summed E-state index contributed by atoms with van der Waals surface area (Å²) in [4.78, 5) is 14.0. The third-order valence-electron chi connectivity index (χ3n) is 1.35. The normalized spacial score (nSPS) is 10.2. The summed E-state index contributed by atoms with van der Waals surface area (Å²) < 4.78 is 4.44. The van der Waals surface area contributed by atoms with Crippen molar-refractivity contribution in [3.05, 3.63) is 18.2 Å². The molecule has 66 valence electrons. The number of H-pyrrole nitrogens is 1. The second-order valence-corrected chi connectivity index (χ2v) is 2.20. The Bertz CT molecular complexity index is 419. The van der Waals surface area contributed by atoms with E-state index in [0.29, 0.717) is 5.69 Å². The Hall–Kier alpha value is -2.18. The van der Waals surface area contributed by atoms with E-state index in [2.05, 4.69) is 24.9 Å². The Morgan fingerprint density at radius 2 is 2.46 bits per heavy atom. The van der Waals surface area contributed by atoms with Gasteiger partial charge in [-0.1, -0.05) is 5.16 Å². The fourth-order valence-corrected chi connectivity index (χ4v) is 0.800. The highest BCUT2D eigenvalue weighted by Crippen LogP contribution is 2.10. The zero-order chi connectivity index (χ0) is 9.26. The zero-order valence-electron chi connectivity index (χ0n) is 6.26. The molecule has 2 aromatic heterocycles. The number of carboxylic acids is 1. The Balaban J connectivity index is 2.39. The van der Waals surface area contributed by atoms with Gasteiger partial charge in [0, 0.05) is 6.20 Å². The van der Waals surface area contributed by atoms with Crippen molar-refractivity contribution in [2.24, 2.45) is 0 Å². The summed E-state index contributed by atoms with van der Waals surface area (Å²) in [6, 6.07) is 1.61. The fraction of sp³-hybridized carbons (Fsp3) is 0. The quantitative estimate of drug-likeness (QED) is 0.681. The lowest BCUT2D eigenvalue weighted by atomic mass is 10.4. The van der Waals surface area contributed by atoms with Gasteiger partial charge in [-0.25, -0.2) is 4.79 Å². The number of hydrogen-bond donors (Lipinski definition) is 2. The van der Waals surface area contributed by atoms with Crippen LogP contribution in [0.1, 0.15) is 10.7 Å². The second-order valence-electron chi connectivity index (χ2n) is 2.20. The maximum atomic E-state index is 10.4. The van der Waals surface area contributed by atoms with Crippen LogP contribution in [-0.2, 0) is 0 Å². The number of nitrogens with one attached hydrogen (secondary N) is 1. The fourth-order valence-electron chi connectivity index (χ4n) is 0.800. The van der Waals surface area contributed by atoms with Crippen molar-refractivity contribution in [3.8, 4) is 11.5 Å². The molecule has 0 saturated carbocycles. The molecule has 0 aliphatic rings. The van der Waals surface area contributed by atoms with Crippen LogP contribution in [0.4, 0.5) is 0 Å². The van der Waals surface area contributed by atoms with E-state index < -0.39 is 11.9 Å². The molecule has 0 unspecified atom stereocenters. The average molecular weight is 180 g/mol. The largest absolute Gasteiger partial charge is 0.474 e. The van der Waals surface area contributed by atoms with Gasteiger partial charge in [0.25, 0.3) is 0 Å². The highest BCUT2D eigenvalue weighted by atomic mass is 16.5. The molecular formula is C6H4N4O3. The van der Waals surface area contributed by atoms with Crippen LogP contribution in [0.5, 0.6) is 0 Å². The molecule has 2 aromatic rings. The Morgan fingerprint density at radius 1 is 1.62 bits per heavy atom. The van der Waals surface area contributed by atoms with E-state index in [1.807, 2.05) is 0 Å². The van der Waals surface area contributed by atoms with Gasteiger partial charge in [-0.15, -0.1) is 0 Å². The molecule has 0 radical (unpaired) electrons. The molecule has 2 N–H and O–H groups in total. The molecule has 0 aromatic carbocycles. The number of aromatic nitrogens is 4. The molecule has 0 aliphatic carbocycles. The summed E-state index contributed by atoms with van der Waals surface area (Å²) in [7, 11) is 0. The van der Waals surface area contributed by atoms with Gasteiger partial charge in [0.15, 0.2) is 0 Å². The minimum Gasteiger partial charge on any atom is -0.474 e. The lowest BCUT2D eigenvalue weighted by Crippen LogP contribution is -1.95. The van der Waals surface area contributed by atoms with Crippen molar-refractivity contribution >= 4 is 5.97 Å². The van der Waals surface area contributed by atoms with E-state index in [4.69, 9.17) is 5.11 Å². The highest BCUT2D eigenvalue weighted by molar-refractivity contribution is 5.82. The predicted molar refractivity (Wildman–Crippen MR) is 38.8 cm³/mol. The summed E-state index contributed by atoms with van der Waals surface area (Å²) in [5.41, 5.74) is 0.510. The molecule has 2 heterocycles. The Labute approximate surface area is 71.4 Å². The lowest BCUT2D eigenvalue weighted by molar-refractivity contribution is 0.0643. The van der Waals surface area contributed by atoms with Crippen molar-refractivity contribution in [2.75, 3.05) is 0 Å². The average Bonchev–Trinajstić information content (AvgIpc) is 2.75. The third kappa shape index (κ3) is 1.26. The highest BCUT2D eigenvalue weighted by Gasteiger charge is 2.14. The molecule has 0 atom stereocenters. The first-order valence-corrected chi connectivity index (χ1v) is 3.34. The molecule has 13 heavy (non-hydrogen) atoms. The van der Waals surface area contributed by atoms with Crippen LogP contribution in [0.3, 0.4) is 0 Å². The monoisotopic (exact) mass is 180 g/mol. The van der Waals surface area contributed by atoms with Gasteiger partial charge in [-0.2, -0.15) is 10.1 Å². The smallest absolute Gasteiger partial charge is 0.394 e. The summed E-state index contributed by atoms with van der Waals surface area (Å²) in [5, 5.41) is 18.2. The van der Waals surface area contributed by atoms with E-state index in [-0.39, 0.29) is 5.82 Å². The number of aromatic carboxylic acids is 1. The number of aromatic amines is 1. The summed E-state index contributed by atoms with van der Waals surface area (Å²) in [6.45, 7) is 0. The van der Waals surface area contributed by atoms with Crippen molar-refractivity contribution in [1.29, 1.82) is 0 Å². The zero-order valence-corrected chi connectivity index (χ0v) is 6.26. The summed E-state index contributed by atoms with van der Waals surface area (Å²) >= 11 is 0. The molecule has 0 saturated heterocycles. The van der Waals surface area contributed by atoms with E-state index in [9.17, 15) is 4.79 Å². The standard InChI is InChI=1S/C6H4N4O3/c11-6(12)5-8-4(10-13-5)3-1-2-7-9-3/h1-2H,(H,7,9)(H,11,12). The van der Waals surface area contributed by atoms with Gasteiger partial charge in [-0.3, -0.25) is 5.10 Å². The minimum absolute atomic E-state index is 0.176. The first-order chi connectivity index (χ1) is 6.27. The van der Waals surface area contributed by atoms with Crippen LogP contribution in [0, 0.1) is 0 Å². The molecule has 0 bridgehead atoms. The van der Waals surface area contributed by atoms with E-state index in [1.165, 1.54) is 6.20 Å². The van der Waals surface area contributed by atoms with Crippen molar-refractivity contribution in [1.82, 2.24) is 20.3 Å². The van der Waals surface area contributed by atoms with Crippen molar-refractivity contribution in [2.45, 2.75) is 0 Å². The molecule has 2 rings (SSSR count). The van der Waals surface area contributed by atoms with Gasteiger partial charge < -0.3 is 9.63 Å². The van der Waals surface area contributed by atoms with Crippen LogP contribution in [0.15, 0.2) is 16.8 Å². The van der Waals surface area contributed by atoms with Crippen molar-refractivity contribution in [3.63, 3.8) is 0 Å². The molecular weight excluding hydrogens is 176 g/mol. The van der Waals surface area contributed by atoms with Crippen LogP contribution in [0.2, 0.25) is 0 Å². The van der Waals surface area contributed by atoms with Gasteiger partial charge in [0.1, 0.15) is 5.69 Å². The maximum Gasteiger partial charge on any atom is 0.394 e. The molecule has 0 fully saturated rings. The minimum atomic E-state index is -1.25. The molecule has 0 spiro atoms. The molecule has 7 nitrogen and oxygen atoms in total. The van der Waals surface area contributed by atoms with E-state index in [0.717, 1.165) is 0 Å². The van der Waals surface area contributed by atoms with E-state index in [1.54, 1.807) is 6.07 Å². The van der Waals surface area contributed by atoms with Crippen LogP contribution in [-0.4, -0.2) is 31.4 Å². The van der Waals surface area contributed by atoms with Crippen LogP contribution >= 0.6 is 0 Å². The third-order valence-corrected chi connectivity index (χ3v) is 1.35. The van der Waals surface area contributed by atoms with Crippen LogP contribution < -0.4 is 0 Å². The first kappa shape index (κ1) is 7.47. The van der Waals surface area contributed by atoms with Gasteiger partial charge >= 0.3 is 11.9 Å². The number of carboxylic acid groups (broad SMARTS) is 1. The van der Waals surface area contributed by atoms with E-state index >= 15 is 0 Å². The van der Waals surface area contributed by atoms with Gasteiger partial charge in [0.05, 0.1) is 0 Å². The number of nitrogens with zero attached hydrogens (tertiary/aromatic N) is 3. The molecule has 0 amide bonds. The molecule has 0 aliphatic heterocycles. The first-order valence-electron chi connectivity index (χ1n) is 3.34. The van der Waals surface area contributed by atoms with Gasteiger partial charge in [0.2, 0.25) is 5.82 Å². The SMILES string of the molecule is O=C(O)c1nc(-c2ccn[nH]2)no1.